The van der Waals surface area contributed by atoms with Crippen molar-refractivity contribution < 1.29 is 14.7 Å². The number of amides is 1. The van der Waals surface area contributed by atoms with Crippen molar-refractivity contribution in [1.29, 1.82) is 0 Å². The molecule has 0 aliphatic rings. The molecule has 1 amide bonds. The molecule has 3 N–H and O–H groups in total. The molecule has 0 aromatic heterocycles. The molecule has 0 bridgehead atoms. The standard InChI is InChI=1S/C15H22N2O3/c1-4-15(3,14(19)20)16-10-13(18)17-11(2)12-8-6-5-7-9-12/h5-9,11,16H,4,10H2,1-3H3,(H,17,18)(H,19,20). The number of aliphatic carboxylic acids is 1. The van der Waals surface area contributed by atoms with Crippen molar-refractivity contribution in [1.82, 2.24) is 10.6 Å². The highest BCUT2D eigenvalue weighted by atomic mass is 16.4. The van der Waals surface area contributed by atoms with E-state index in [1.54, 1.807) is 13.8 Å². The number of hydrogen-bond donors (Lipinski definition) is 3. The van der Waals surface area contributed by atoms with Crippen LogP contribution in [0.3, 0.4) is 0 Å². The van der Waals surface area contributed by atoms with Crippen LogP contribution in [0.2, 0.25) is 0 Å². The summed E-state index contributed by atoms with van der Waals surface area (Å²) in [5.74, 6) is -1.17. The first kappa shape index (κ1) is 16.2. The van der Waals surface area contributed by atoms with Gasteiger partial charge >= 0.3 is 5.97 Å². The molecule has 0 radical (unpaired) electrons. The van der Waals surface area contributed by atoms with Crippen LogP contribution in [-0.2, 0) is 9.59 Å². The zero-order valence-corrected chi connectivity index (χ0v) is 12.1. The molecule has 110 valence electrons. The predicted octanol–water partition coefficient (Wildman–Crippen LogP) is 1.71. The van der Waals surface area contributed by atoms with Crippen LogP contribution in [0.25, 0.3) is 0 Å². The Bertz CT molecular complexity index is 461. The fraction of sp³-hybridized carbons (Fsp3) is 0.467. The van der Waals surface area contributed by atoms with Gasteiger partial charge in [-0.1, -0.05) is 37.3 Å². The fourth-order valence-electron chi connectivity index (χ4n) is 1.74. The smallest absolute Gasteiger partial charge is 0.323 e. The van der Waals surface area contributed by atoms with E-state index in [4.69, 9.17) is 5.11 Å². The monoisotopic (exact) mass is 278 g/mol. The molecule has 1 aromatic carbocycles. The minimum atomic E-state index is -1.08. The molecule has 1 rings (SSSR count). The van der Waals surface area contributed by atoms with Gasteiger partial charge in [-0.15, -0.1) is 0 Å². The van der Waals surface area contributed by atoms with Crippen LogP contribution in [0.5, 0.6) is 0 Å². The summed E-state index contributed by atoms with van der Waals surface area (Å²) in [6.45, 7) is 5.21. The van der Waals surface area contributed by atoms with Crippen LogP contribution in [0.4, 0.5) is 0 Å². The highest BCUT2D eigenvalue weighted by Crippen LogP contribution is 2.11. The summed E-state index contributed by atoms with van der Waals surface area (Å²) in [5.41, 5.74) is -0.0646. The molecule has 0 saturated heterocycles. The van der Waals surface area contributed by atoms with E-state index in [0.29, 0.717) is 6.42 Å². The van der Waals surface area contributed by atoms with Crippen LogP contribution in [0, 0.1) is 0 Å². The first-order valence-electron chi connectivity index (χ1n) is 6.72. The maximum Gasteiger partial charge on any atom is 0.323 e. The molecular formula is C15H22N2O3. The number of rotatable bonds is 7. The third-order valence-electron chi connectivity index (χ3n) is 3.50. The van der Waals surface area contributed by atoms with Gasteiger partial charge in [0.2, 0.25) is 5.91 Å². The second-order valence-corrected chi connectivity index (χ2v) is 5.04. The summed E-state index contributed by atoms with van der Waals surface area (Å²) in [4.78, 5) is 23.0. The van der Waals surface area contributed by atoms with Gasteiger partial charge in [0.15, 0.2) is 0 Å². The molecule has 1 aromatic rings. The summed E-state index contributed by atoms with van der Waals surface area (Å²) in [6, 6.07) is 9.50. The molecule has 0 fully saturated rings. The third kappa shape index (κ3) is 4.35. The van der Waals surface area contributed by atoms with Gasteiger partial charge in [-0.2, -0.15) is 0 Å². The van der Waals surface area contributed by atoms with E-state index < -0.39 is 11.5 Å². The lowest BCUT2D eigenvalue weighted by atomic mass is 9.99. The molecular weight excluding hydrogens is 256 g/mol. The van der Waals surface area contributed by atoms with Gasteiger partial charge in [0.05, 0.1) is 12.6 Å². The minimum absolute atomic E-state index is 0.0200. The summed E-state index contributed by atoms with van der Waals surface area (Å²) in [6.07, 6.45) is 0.407. The molecule has 0 heterocycles. The van der Waals surface area contributed by atoms with Gasteiger partial charge in [0, 0.05) is 0 Å². The van der Waals surface area contributed by atoms with Crippen LogP contribution in [0.15, 0.2) is 30.3 Å². The van der Waals surface area contributed by atoms with Crippen LogP contribution in [-0.4, -0.2) is 29.1 Å². The van der Waals surface area contributed by atoms with Crippen molar-refractivity contribution in [3.8, 4) is 0 Å². The van der Waals surface area contributed by atoms with Crippen LogP contribution in [0.1, 0.15) is 38.8 Å². The Balaban J connectivity index is 2.50. The first-order valence-corrected chi connectivity index (χ1v) is 6.72. The quantitative estimate of drug-likeness (QED) is 0.709. The largest absolute Gasteiger partial charge is 0.480 e. The third-order valence-corrected chi connectivity index (χ3v) is 3.50. The number of benzene rings is 1. The molecule has 0 aliphatic heterocycles. The first-order chi connectivity index (χ1) is 9.39. The Morgan fingerprint density at radius 2 is 1.90 bits per heavy atom. The fourth-order valence-corrected chi connectivity index (χ4v) is 1.74. The molecule has 0 aliphatic carbocycles. The van der Waals surface area contributed by atoms with Gasteiger partial charge in [-0.05, 0) is 25.8 Å². The summed E-state index contributed by atoms with van der Waals surface area (Å²) >= 11 is 0. The number of carbonyl (C=O) groups excluding carboxylic acids is 1. The van der Waals surface area contributed by atoms with E-state index in [1.165, 1.54) is 0 Å². The lowest BCUT2D eigenvalue weighted by molar-refractivity contribution is -0.144. The van der Waals surface area contributed by atoms with Crippen molar-refractivity contribution in [3.05, 3.63) is 35.9 Å². The van der Waals surface area contributed by atoms with Crippen molar-refractivity contribution in [2.75, 3.05) is 6.54 Å². The molecule has 2 atom stereocenters. The van der Waals surface area contributed by atoms with E-state index in [-0.39, 0.29) is 18.5 Å². The van der Waals surface area contributed by atoms with E-state index in [9.17, 15) is 9.59 Å². The Morgan fingerprint density at radius 1 is 1.30 bits per heavy atom. The minimum Gasteiger partial charge on any atom is -0.480 e. The van der Waals surface area contributed by atoms with Crippen molar-refractivity contribution in [3.63, 3.8) is 0 Å². The van der Waals surface area contributed by atoms with Gasteiger partial charge in [0.1, 0.15) is 5.54 Å². The van der Waals surface area contributed by atoms with E-state index in [1.807, 2.05) is 37.3 Å². The van der Waals surface area contributed by atoms with Crippen molar-refractivity contribution >= 4 is 11.9 Å². The van der Waals surface area contributed by atoms with E-state index >= 15 is 0 Å². The second kappa shape index (κ2) is 7.05. The number of carboxylic acids is 1. The number of nitrogens with one attached hydrogen (secondary N) is 2. The maximum absolute atomic E-state index is 11.8. The van der Waals surface area contributed by atoms with Crippen LogP contribution < -0.4 is 10.6 Å². The molecule has 20 heavy (non-hydrogen) atoms. The van der Waals surface area contributed by atoms with Gasteiger partial charge in [-0.3, -0.25) is 14.9 Å². The Hall–Kier alpha value is -1.88. The second-order valence-electron chi connectivity index (χ2n) is 5.04. The topological polar surface area (TPSA) is 78.4 Å². The normalized spacial score (nSPS) is 15.2. The lowest BCUT2D eigenvalue weighted by Crippen LogP contribution is -2.52. The summed E-state index contributed by atoms with van der Waals surface area (Å²) in [5, 5.41) is 14.7. The van der Waals surface area contributed by atoms with Gasteiger partial charge < -0.3 is 10.4 Å². The van der Waals surface area contributed by atoms with Gasteiger partial charge in [0.25, 0.3) is 0 Å². The predicted molar refractivity (Wildman–Crippen MR) is 77.3 cm³/mol. The number of carbonyl (C=O) groups is 2. The zero-order valence-electron chi connectivity index (χ0n) is 12.1. The van der Waals surface area contributed by atoms with Crippen LogP contribution >= 0.6 is 0 Å². The molecule has 2 unspecified atom stereocenters. The van der Waals surface area contributed by atoms with E-state index in [0.717, 1.165) is 5.56 Å². The average molecular weight is 278 g/mol. The maximum atomic E-state index is 11.8. The number of hydrogen-bond acceptors (Lipinski definition) is 3. The van der Waals surface area contributed by atoms with Crippen molar-refractivity contribution in [2.24, 2.45) is 0 Å². The molecule has 0 spiro atoms. The zero-order chi connectivity index (χ0) is 15.2. The summed E-state index contributed by atoms with van der Waals surface area (Å²) < 4.78 is 0. The number of carboxylic acid groups (broad SMARTS) is 1. The van der Waals surface area contributed by atoms with E-state index in [2.05, 4.69) is 10.6 Å². The highest BCUT2D eigenvalue weighted by molar-refractivity contribution is 5.82. The highest BCUT2D eigenvalue weighted by Gasteiger charge is 2.30. The van der Waals surface area contributed by atoms with Gasteiger partial charge in [-0.25, -0.2) is 0 Å². The average Bonchev–Trinajstić information content (AvgIpc) is 2.45. The molecule has 5 nitrogen and oxygen atoms in total. The van der Waals surface area contributed by atoms with Crippen molar-refractivity contribution in [2.45, 2.75) is 38.8 Å². The summed E-state index contributed by atoms with van der Waals surface area (Å²) in [7, 11) is 0. The molecule has 5 heteroatoms. The Labute approximate surface area is 119 Å². The SMILES string of the molecule is CCC(C)(NCC(=O)NC(C)c1ccccc1)C(=O)O. The molecule has 0 saturated carbocycles. The Morgan fingerprint density at radius 3 is 2.40 bits per heavy atom. The Kier molecular flexibility index (Phi) is 5.70. The lowest BCUT2D eigenvalue weighted by Gasteiger charge is -2.25.